The highest BCUT2D eigenvalue weighted by Gasteiger charge is 2.14. The molecule has 0 aliphatic rings. The molecule has 2 aromatic rings. The normalized spacial score (nSPS) is 12.9. The number of para-hydroxylation sites is 1. The minimum absolute atomic E-state index is 0.0714. The summed E-state index contributed by atoms with van der Waals surface area (Å²) in [5, 5.41) is 0. The first kappa shape index (κ1) is 16.0. The van der Waals surface area contributed by atoms with Crippen LogP contribution in [0.3, 0.4) is 0 Å². The van der Waals surface area contributed by atoms with Crippen LogP contribution in [0.25, 0.3) is 0 Å². The Hall–Kier alpha value is -1.33. The van der Waals surface area contributed by atoms with E-state index in [1.54, 1.807) is 6.07 Å². The van der Waals surface area contributed by atoms with Crippen molar-refractivity contribution in [2.75, 3.05) is 10.5 Å². The molecule has 1 N–H and O–H groups in total. The van der Waals surface area contributed by atoms with Gasteiger partial charge in [0.25, 0.3) is 0 Å². The Morgan fingerprint density at radius 1 is 1.05 bits per heavy atom. The topological polar surface area (TPSA) is 46.2 Å². The first-order valence-electron chi connectivity index (χ1n) is 6.75. The Labute approximate surface area is 134 Å². The third-order valence-electron chi connectivity index (χ3n) is 3.16. The molecule has 0 saturated heterocycles. The lowest BCUT2D eigenvalue weighted by Crippen LogP contribution is -2.19. The van der Waals surface area contributed by atoms with Crippen LogP contribution in [0.2, 0.25) is 0 Å². The Morgan fingerprint density at radius 3 is 2.33 bits per heavy atom. The second-order valence-electron chi connectivity index (χ2n) is 4.86. The van der Waals surface area contributed by atoms with Gasteiger partial charge in [0.2, 0.25) is 10.0 Å². The largest absolute Gasteiger partial charge is 0.283 e. The fourth-order valence-corrected chi connectivity index (χ4v) is 3.58. The molecule has 0 aliphatic heterocycles. The SMILES string of the molecule is CC(Br)c1ccccc1NS(=O)(=O)CCc1ccccc1. The maximum absolute atomic E-state index is 12.2. The lowest BCUT2D eigenvalue weighted by atomic mass is 10.1. The molecular formula is C16H18BrNO2S. The van der Waals surface area contributed by atoms with Gasteiger partial charge in [-0.3, -0.25) is 4.72 Å². The van der Waals surface area contributed by atoms with Gasteiger partial charge in [0.05, 0.1) is 11.4 Å². The van der Waals surface area contributed by atoms with E-state index in [9.17, 15) is 8.42 Å². The Kier molecular flexibility index (Phi) is 5.42. The number of hydrogen-bond donors (Lipinski definition) is 1. The lowest BCUT2D eigenvalue weighted by Gasteiger charge is -2.14. The smallest absolute Gasteiger partial charge is 0.233 e. The van der Waals surface area contributed by atoms with E-state index in [1.165, 1.54) is 0 Å². The van der Waals surface area contributed by atoms with Gasteiger partial charge in [0, 0.05) is 4.83 Å². The lowest BCUT2D eigenvalue weighted by molar-refractivity contribution is 0.600. The molecule has 1 unspecified atom stereocenters. The maximum atomic E-state index is 12.2. The van der Waals surface area contributed by atoms with Crippen molar-refractivity contribution >= 4 is 31.6 Å². The van der Waals surface area contributed by atoms with E-state index >= 15 is 0 Å². The van der Waals surface area contributed by atoms with E-state index in [-0.39, 0.29) is 10.6 Å². The summed E-state index contributed by atoms with van der Waals surface area (Å²) in [6, 6.07) is 17.0. The number of benzene rings is 2. The van der Waals surface area contributed by atoms with Gasteiger partial charge in [0.1, 0.15) is 0 Å². The summed E-state index contributed by atoms with van der Waals surface area (Å²) in [7, 11) is -3.36. The van der Waals surface area contributed by atoms with Crippen LogP contribution >= 0.6 is 15.9 Å². The molecular weight excluding hydrogens is 350 g/mol. The summed E-state index contributed by atoms with van der Waals surface area (Å²) in [6.07, 6.45) is 0.502. The Balaban J connectivity index is 2.08. The molecule has 0 radical (unpaired) electrons. The average Bonchev–Trinajstić information content (AvgIpc) is 2.46. The number of sulfonamides is 1. The fraction of sp³-hybridized carbons (Fsp3) is 0.250. The zero-order valence-electron chi connectivity index (χ0n) is 11.8. The van der Waals surface area contributed by atoms with Crippen molar-refractivity contribution in [2.24, 2.45) is 0 Å². The number of anilines is 1. The monoisotopic (exact) mass is 367 g/mol. The van der Waals surface area contributed by atoms with Gasteiger partial charge in [-0.15, -0.1) is 0 Å². The average molecular weight is 368 g/mol. The summed E-state index contributed by atoms with van der Waals surface area (Å²) in [5.41, 5.74) is 2.58. The van der Waals surface area contributed by atoms with Crippen molar-refractivity contribution in [1.29, 1.82) is 0 Å². The number of aryl methyl sites for hydroxylation is 1. The predicted molar refractivity (Wildman–Crippen MR) is 91.3 cm³/mol. The molecule has 1 atom stereocenters. The van der Waals surface area contributed by atoms with Crippen LogP contribution in [0.15, 0.2) is 54.6 Å². The van der Waals surface area contributed by atoms with Crippen LogP contribution in [0, 0.1) is 0 Å². The Bertz CT molecular complexity index is 684. The first-order chi connectivity index (χ1) is 9.98. The highest BCUT2D eigenvalue weighted by atomic mass is 79.9. The first-order valence-corrected chi connectivity index (χ1v) is 9.32. The summed E-state index contributed by atoms with van der Waals surface area (Å²) >= 11 is 3.48. The number of nitrogens with one attached hydrogen (secondary N) is 1. The fourth-order valence-electron chi connectivity index (χ4n) is 2.05. The Morgan fingerprint density at radius 2 is 1.67 bits per heavy atom. The van der Waals surface area contributed by atoms with Crippen LogP contribution in [-0.4, -0.2) is 14.2 Å². The van der Waals surface area contributed by atoms with Gasteiger partial charge in [-0.25, -0.2) is 8.42 Å². The van der Waals surface area contributed by atoms with Crippen molar-refractivity contribution < 1.29 is 8.42 Å². The van der Waals surface area contributed by atoms with Crippen LogP contribution in [-0.2, 0) is 16.4 Å². The highest BCUT2D eigenvalue weighted by molar-refractivity contribution is 9.09. The van der Waals surface area contributed by atoms with Gasteiger partial charge < -0.3 is 0 Å². The van der Waals surface area contributed by atoms with E-state index in [1.807, 2.05) is 55.5 Å². The summed E-state index contributed by atoms with van der Waals surface area (Å²) in [5.74, 6) is 0.0714. The second-order valence-corrected chi connectivity index (χ2v) is 8.08. The van der Waals surface area contributed by atoms with Crippen LogP contribution in [0.1, 0.15) is 22.9 Å². The highest BCUT2D eigenvalue weighted by Crippen LogP contribution is 2.29. The third-order valence-corrected chi connectivity index (χ3v) is 4.92. The minimum atomic E-state index is -3.36. The number of rotatable bonds is 6. The summed E-state index contributed by atoms with van der Waals surface area (Å²) in [6.45, 7) is 1.97. The molecule has 0 aromatic heterocycles. The molecule has 0 heterocycles. The van der Waals surface area contributed by atoms with Gasteiger partial charge in [-0.05, 0) is 30.5 Å². The van der Waals surface area contributed by atoms with Gasteiger partial charge in [-0.1, -0.05) is 64.5 Å². The van der Waals surface area contributed by atoms with Crippen molar-refractivity contribution in [1.82, 2.24) is 0 Å². The van der Waals surface area contributed by atoms with Crippen molar-refractivity contribution in [3.8, 4) is 0 Å². The molecule has 0 amide bonds. The van der Waals surface area contributed by atoms with E-state index in [0.717, 1.165) is 11.1 Å². The van der Waals surface area contributed by atoms with Crippen LogP contribution in [0.5, 0.6) is 0 Å². The van der Waals surface area contributed by atoms with Gasteiger partial charge in [-0.2, -0.15) is 0 Å². The van der Waals surface area contributed by atoms with Crippen molar-refractivity contribution in [2.45, 2.75) is 18.2 Å². The number of hydrogen-bond acceptors (Lipinski definition) is 2. The van der Waals surface area contributed by atoms with E-state index < -0.39 is 10.0 Å². The molecule has 21 heavy (non-hydrogen) atoms. The van der Waals surface area contributed by atoms with Crippen molar-refractivity contribution in [3.63, 3.8) is 0 Å². The molecule has 0 bridgehead atoms. The van der Waals surface area contributed by atoms with E-state index in [0.29, 0.717) is 12.1 Å². The zero-order chi connectivity index (χ0) is 15.3. The van der Waals surface area contributed by atoms with E-state index in [4.69, 9.17) is 0 Å². The number of alkyl halides is 1. The summed E-state index contributed by atoms with van der Waals surface area (Å²) in [4.78, 5) is 0.0884. The molecule has 5 heteroatoms. The zero-order valence-corrected chi connectivity index (χ0v) is 14.2. The molecule has 0 spiro atoms. The summed E-state index contributed by atoms with van der Waals surface area (Å²) < 4.78 is 27.1. The molecule has 2 rings (SSSR count). The van der Waals surface area contributed by atoms with E-state index in [2.05, 4.69) is 20.7 Å². The molecule has 3 nitrogen and oxygen atoms in total. The molecule has 112 valence electrons. The molecule has 2 aromatic carbocycles. The molecule has 0 fully saturated rings. The minimum Gasteiger partial charge on any atom is -0.283 e. The number of halogens is 1. The van der Waals surface area contributed by atoms with Crippen LogP contribution < -0.4 is 4.72 Å². The van der Waals surface area contributed by atoms with Crippen LogP contribution in [0.4, 0.5) is 5.69 Å². The molecule has 0 saturated carbocycles. The second kappa shape index (κ2) is 7.09. The molecule has 0 aliphatic carbocycles. The quantitative estimate of drug-likeness (QED) is 0.780. The predicted octanol–water partition coefficient (Wildman–Crippen LogP) is 4.13. The van der Waals surface area contributed by atoms with Gasteiger partial charge >= 0.3 is 0 Å². The third kappa shape index (κ3) is 4.86. The standard InChI is InChI=1S/C16H18BrNO2S/c1-13(17)15-9-5-6-10-16(15)18-21(19,20)12-11-14-7-3-2-4-8-14/h2-10,13,18H,11-12H2,1H3. The maximum Gasteiger partial charge on any atom is 0.233 e. The van der Waals surface area contributed by atoms with Crippen molar-refractivity contribution in [3.05, 3.63) is 65.7 Å². The van der Waals surface area contributed by atoms with Gasteiger partial charge in [0.15, 0.2) is 0 Å².